The van der Waals surface area contributed by atoms with E-state index in [1.807, 2.05) is 23.1 Å². The Morgan fingerprint density at radius 3 is 2.59 bits per heavy atom. The number of ether oxygens (including phenoxy) is 2. The molecule has 0 N–H and O–H groups in total. The third-order valence-electron chi connectivity index (χ3n) is 6.28. The van der Waals surface area contributed by atoms with Crippen LogP contribution in [0, 0.1) is 5.92 Å². The van der Waals surface area contributed by atoms with Crippen LogP contribution < -0.4 is 0 Å². The molecule has 2 aromatic rings. The summed E-state index contributed by atoms with van der Waals surface area (Å²) in [5, 5.41) is 0.0235. The minimum Gasteiger partial charge on any atom is -0.383 e. The van der Waals surface area contributed by atoms with Crippen LogP contribution in [0.15, 0.2) is 41.7 Å². The number of aromatic nitrogens is 2. The summed E-state index contributed by atoms with van der Waals surface area (Å²) in [5.74, 6) is 0.0988. The summed E-state index contributed by atoms with van der Waals surface area (Å²) in [6.07, 6.45) is 3.44. The number of nitrogens with zero attached hydrogens (tertiary/aromatic N) is 4. The minimum absolute atomic E-state index is 0.0235. The van der Waals surface area contributed by atoms with Crippen molar-refractivity contribution in [3.8, 4) is 0 Å². The fourth-order valence-corrected chi connectivity index (χ4v) is 5.70. The number of imidazole rings is 1. The van der Waals surface area contributed by atoms with E-state index in [0.29, 0.717) is 50.7 Å². The fraction of sp³-hybridized carbons (Fsp3) is 0.583. The number of methoxy groups -OCH3 is 1. The first-order chi connectivity index (χ1) is 16.5. The third kappa shape index (κ3) is 6.44. The molecule has 1 saturated heterocycles. The van der Waals surface area contributed by atoms with Crippen LogP contribution in [0.5, 0.6) is 0 Å². The number of sulfone groups is 1. The summed E-state index contributed by atoms with van der Waals surface area (Å²) >= 11 is 0. The van der Waals surface area contributed by atoms with Gasteiger partial charge in [-0.2, -0.15) is 0 Å². The molecule has 2 aliphatic rings. The predicted octanol–water partition coefficient (Wildman–Crippen LogP) is 1.57. The molecule has 9 nitrogen and oxygen atoms in total. The molecule has 4 rings (SSSR count). The van der Waals surface area contributed by atoms with Crippen LogP contribution in [0.3, 0.4) is 0 Å². The lowest BCUT2D eigenvalue weighted by Gasteiger charge is -2.30. The monoisotopic (exact) mass is 490 g/mol. The van der Waals surface area contributed by atoms with Crippen molar-refractivity contribution >= 4 is 15.7 Å². The quantitative estimate of drug-likeness (QED) is 0.446. The maximum Gasteiger partial charge on any atom is 0.228 e. The second kappa shape index (κ2) is 11.4. The molecule has 0 bridgehead atoms. The van der Waals surface area contributed by atoms with E-state index in [0.717, 1.165) is 32.5 Å². The van der Waals surface area contributed by atoms with E-state index in [9.17, 15) is 13.2 Å². The Bertz CT molecular complexity index is 1050. The van der Waals surface area contributed by atoms with Crippen molar-refractivity contribution in [3.05, 3.63) is 47.8 Å². The SMILES string of the molecule is COCCn1c(CN(CCN2CCOCC2)C(=O)C2CC2)cnc1S(=O)(=O)Cc1ccccc1. The first-order valence-electron chi connectivity index (χ1n) is 11.9. The Morgan fingerprint density at radius 2 is 1.91 bits per heavy atom. The highest BCUT2D eigenvalue weighted by molar-refractivity contribution is 7.90. The van der Waals surface area contributed by atoms with Crippen molar-refractivity contribution in [1.29, 1.82) is 0 Å². The number of morpholine rings is 1. The lowest BCUT2D eigenvalue weighted by molar-refractivity contribution is -0.133. The van der Waals surface area contributed by atoms with Crippen molar-refractivity contribution in [2.24, 2.45) is 5.92 Å². The molecule has 2 heterocycles. The van der Waals surface area contributed by atoms with Crippen LogP contribution in [0.2, 0.25) is 0 Å². The smallest absolute Gasteiger partial charge is 0.228 e. The highest BCUT2D eigenvalue weighted by atomic mass is 32.2. The number of hydrogen-bond donors (Lipinski definition) is 0. The van der Waals surface area contributed by atoms with Gasteiger partial charge in [-0.15, -0.1) is 0 Å². The minimum atomic E-state index is -3.67. The molecule has 1 amide bonds. The summed E-state index contributed by atoms with van der Waals surface area (Å²) in [4.78, 5) is 21.5. The predicted molar refractivity (Wildman–Crippen MR) is 127 cm³/mol. The third-order valence-corrected chi connectivity index (χ3v) is 7.87. The number of carbonyl (C=O) groups is 1. The van der Waals surface area contributed by atoms with E-state index in [1.54, 1.807) is 30.0 Å². The molecule has 2 fully saturated rings. The van der Waals surface area contributed by atoms with Gasteiger partial charge in [-0.1, -0.05) is 30.3 Å². The van der Waals surface area contributed by atoms with Crippen LogP contribution in [0.1, 0.15) is 24.1 Å². The molecule has 0 unspecified atom stereocenters. The largest absolute Gasteiger partial charge is 0.383 e. The number of benzene rings is 1. The van der Waals surface area contributed by atoms with Gasteiger partial charge in [-0.05, 0) is 18.4 Å². The standard InChI is InChI=1S/C24H34N4O5S/c1-32-14-13-28-22(17-25-24(28)34(30,31)19-20-5-3-2-4-6-20)18-27(23(29)21-7-8-21)10-9-26-11-15-33-16-12-26/h2-6,17,21H,7-16,18-19H2,1H3. The fourth-order valence-electron chi connectivity index (χ4n) is 4.18. The Labute approximate surface area is 201 Å². The lowest BCUT2D eigenvalue weighted by atomic mass is 10.2. The molecule has 0 spiro atoms. The zero-order valence-electron chi connectivity index (χ0n) is 19.8. The molecule has 1 saturated carbocycles. The highest BCUT2D eigenvalue weighted by Crippen LogP contribution is 2.31. The molecule has 1 aromatic carbocycles. The van der Waals surface area contributed by atoms with Gasteiger partial charge in [0.25, 0.3) is 0 Å². The number of hydrogen-bond acceptors (Lipinski definition) is 7. The Hall–Kier alpha value is -2.27. The Balaban J connectivity index is 1.54. The normalized spacial score (nSPS) is 17.1. The van der Waals surface area contributed by atoms with Crippen LogP contribution in [-0.2, 0) is 42.9 Å². The van der Waals surface area contributed by atoms with Crippen molar-refractivity contribution in [3.63, 3.8) is 0 Å². The summed E-state index contributed by atoms with van der Waals surface area (Å²) < 4.78 is 38.9. The molecular weight excluding hydrogens is 456 g/mol. The Morgan fingerprint density at radius 1 is 1.18 bits per heavy atom. The summed E-state index contributed by atoms with van der Waals surface area (Å²) in [6, 6.07) is 9.09. The number of rotatable bonds is 12. The van der Waals surface area contributed by atoms with Gasteiger partial charge in [-0.3, -0.25) is 9.69 Å². The Kier molecular flexibility index (Phi) is 8.36. The van der Waals surface area contributed by atoms with E-state index in [-0.39, 0.29) is 22.7 Å². The lowest BCUT2D eigenvalue weighted by Crippen LogP contribution is -2.43. The van der Waals surface area contributed by atoms with E-state index in [4.69, 9.17) is 9.47 Å². The van der Waals surface area contributed by atoms with Gasteiger partial charge in [0.15, 0.2) is 0 Å². The van der Waals surface area contributed by atoms with Crippen LogP contribution in [-0.4, -0.2) is 86.8 Å². The molecule has 0 atom stereocenters. The highest BCUT2D eigenvalue weighted by Gasteiger charge is 2.34. The second-order valence-electron chi connectivity index (χ2n) is 8.91. The van der Waals surface area contributed by atoms with Crippen LogP contribution in [0.25, 0.3) is 0 Å². The summed E-state index contributed by atoms with van der Waals surface area (Å²) in [6.45, 7) is 5.54. The van der Waals surface area contributed by atoms with E-state index >= 15 is 0 Å². The van der Waals surface area contributed by atoms with Gasteiger partial charge >= 0.3 is 0 Å². The summed E-state index contributed by atoms with van der Waals surface area (Å²) in [7, 11) is -2.09. The molecule has 1 aliphatic carbocycles. The van der Waals surface area contributed by atoms with Gasteiger partial charge in [0.05, 0.1) is 44.0 Å². The molecule has 1 aliphatic heterocycles. The van der Waals surface area contributed by atoms with E-state index in [1.165, 1.54) is 0 Å². The zero-order chi connectivity index (χ0) is 24.0. The topological polar surface area (TPSA) is 94.0 Å². The molecule has 1 aromatic heterocycles. The number of carbonyl (C=O) groups excluding carboxylic acids is 1. The van der Waals surface area contributed by atoms with E-state index in [2.05, 4.69) is 9.88 Å². The van der Waals surface area contributed by atoms with Crippen LogP contribution >= 0.6 is 0 Å². The maximum absolute atomic E-state index is 13.2. The van der Waals surface area contributed by atoms with Gasteiger partial charge < -0.3 is 18.9 Å². The zero-order valence-corrected chi connectivity index (χ0v) is 20.6. The average Bonchev–Trinajstić information content (AvgIpc) is 3.61. The molecule has 186 valence electrons. The molecular formula is C24H34N4O5S. The molecule has 10 heteroatoms. The first kappa shape index (κ1) is 24.8. The van der Waals surface area contributed by atoms with Crippen molar-refractivity contribution in [1.82, 2.24) is 19.4 Å². The van der Waals surface area contributed by atoms with Crippen molar-refractivity contribution in [2.45, 2.75) is 36.8 Å². The second-order valence-corrected chi connectivity index (χ2v) is 10.8. The molecule has 0 radical (unpaired) electrons. The molecule has 34 heavy (non-hydrogen) atoms. The van der Waals surface area contributed by atoms with Crippen molar-refractivity contribution in [2.75, 3.05) is 53.1 Å². The average molecular weight is 491 g/mol. The van der Waals surface area contributed by atoms with Gasteiger partial charge in [0.2, 0.25) is 20.9 Å². The number of amides is 1. The maximum atomic E-state index is 13.2. The van der Waals surface area contributed by atoms with Gasteiger partial charge in [0, 0.05) is 45.8 Å². The van der Waals surface area contributed by atoms with Crippen LogP contribution in [0.4, 0.5) is 0 Å². The van der Waals surface area contributed by atoms with Gasteiger partial charge in [0.1, 0.15) is 0 Å². The summed E-state index contributed by atoms with van der Waals surface area (Å²) in [5.41, 5.74) is 1.42. The van der Waals surface area contributed by atoms with Gasteiger partial charge in [-0.25, -0.2) is 13.4 Å². The van der Waals surface area contributed by atoms with E-state index < -0.39 is 9.84 Å². The van der Waals surface area contributed by atoms with Crippen molar-refractivity contribution < 1.29 is 22.7 Å². The first-order valence-corrected chi connectivity index (χ1v) is 13.5.